The lowest BCUT2D eigenvalue weighted by Crippen LogP contribution is -2.22. The van der Waals surface area contributed by atoms with Gasteiger partial charge in [0.25, 0.3) is 5.91 Å². The summed E-state index contributed by atoms with van der Waals surface area (Å²) in [7, 11) is 3.46. The van der Waals surface area contributed by atoms with Gasteiger partial charge in [-0.05, 0) is 41.6 Å². The minimum absolute atomic E-state index is 0.0591. The molecule has 1 amide bonds. The number of halogens is 1. The van der Waals surface area contributed by atoms with Gasteiger partial charge >= 0.3 is 0 Å². The van der Waals surface area contributed by atoms with Gasteiger partial charge in [0.2, 0.25) is 0 Å². The van der Waals surface area contributed by atoms with Crippen molar-refractivity contribution >= 4 is 34.1 Å². The van der Waals surface area contributed by atoms with Crippen LogP contribution in [0.1, 0.15) is 16.2 Å². The average Bonchev–Trinajstić information content (AvgIpc) is 2.55. The highest BCUT2D eigenvalue weighted by Crippen LogP contribution is 2.15. The van der Waals surface area contributed by atoms with E-state index in [0.717, 1.165) is 14.9 Å². The van der Waals surface area contributed by atoms with Gasteiger partial charge in [0.05, 0.1) is 5.69 Å². The van der Waals surface area contributed by atoms with Crippen LogP contribution in [0, 0.1) is 10.5 Å². The van der Waals surface area contributed by atoms with Crippen molar-refractivity contribution in [3.05, 3.63) is 33.3 Å². The van der Waals surface area contributed by atoms with Crippen LogP contribution in [0.5, 0.6) is 0 Å². The molecule has 16 heavy (non-hydrogen) atoms. The first-order valence-electron chi connectivity index (χ1n) is 4.86. The second kappa shape index (κ2) is 4.04. The van der Waals surface area contributed by atoms with Gasteiger partial charge < -0.3 is 9.30 Å². The first kappa shape index (κ1) is 11.4. The normalized spacial score (nSPS) is 10.8. The fourth-order valence-corrected chi connectivity index (χ4v) is 2.01. The Hall–Kier alpha value is -1.11. The van der Waals surface area contributed by atoms with E-state index in [4.69, 9.17) is 0 Å². The third-order valence-corrected chi connectivity index (χ3v) is 3.07. The van der Waals surface area contributed by atoms with Crippen molar-refractivity contribution in [1.29, 1.82) is 0 Å². The number of carbonyl (C=O) groups is 1. The fourth-order valence-electron chi connectivity index (χ4n) is 1.55. The minimum Gasteiger partial charge on any atom is -0.343 e. The van der Waals surface area contributed by atoms with E-state index >= 15 is 0 Å². The van der Waals surface area contributed by atoms with Gasteiger partial charge in [0.15, 0.2) is 0 Å². The van der Waals surface area contributed by atoms with Crippen LogP contribution in [0.3, 0.4) is 0 Å². The van der Waals surface area contributed by atoms with Crippen molar-refractivity contribution in [2.45, 2.75) is 6.92 Å². The zero-order valence-electron chi connectivity index (χ0n) is 9.36. The van der Waals surface area contributed by atoms with Crippen molar-refractivity contribution in [3.8, 4) is 0 Å². The lowest BCUT2D eigenvalue weighted by atomic mass is 10.3. The number of aryl methyl sites for hydroxylation is 1. The first-order valence-corrected chi connectivity index (χ1v) is 5.94. The second-order valence-corrected chi connectivity index (χ2v) is 5.07. The molecule has 0 saturated heterocycles. The van der Waals surface area contributed by atoms with E-state index in [1.807, 2.05) is 29.7 Å². The van der Waals surface area contributed by atoms with E-state index in [-0.39, 0.29) is 5.91 Å². The number of aromatic nitrogens is 2. The standard InChI is InChI=1S/C11H12IN3O/c1-7-10(11(16)14(2)3)13-9-5-4-8(12)6-15(7)9/h4-6H,1-3H3. The Balaban J connectivity index is 2.65. The van der Waals surface area contributed by atoms with E-state index in [1.54, 1.807) is 19.0 Å². The quantitative estimate of drug-likeness (QED) is 0.750. The topological polar surface area (TPSA) is 37.6 Å². The van der Waals surface area contributed by atoms with Crippen molar-refractivity contribution in [2.24, 2.45) is 0 Å². The molecule has 0 unspecified atom stereocenters. The lowest BCUT2D eigenvalue weighted by molar-refractivity contribution is 0.0822. The van der Waals surface area contributed by atoms with Gasteiger partial charge in [-0.3, -0.25) is 4.79 Å². The Morgan fingerprint density at radius 2 is 2.12 bits per heavy atom. The predicted molar refractivity (Wildman–Crippen MR) is 70.7 cm³/mol. The van der Waals surface area contributed by atoms with Crippen molar-refractivity contribution in [1.82, 2.24) is 14.3 Å². The van der Waals surface area contributed by atoms with Crippen LogP contribution >= 0.6 is 22.6 Å². The number of fused-ring (bicyclic) bond motifs is 1. The van der Waals surface area contributed by atoms with Crippen LogP contribution in [0.15, 0.2) is 18.3 Å². The fraction of sp³-hybridized carbons (Fsp3) is 0.273. The molecule has 2 aromatic rings. The summed E-state index contributed by atoms with van der Waals surface area (Å²) < 4.78 is 3.06. The van der Waals surface area contributed by atoms with E-state index in [1.165, 1.54) is 0 Å². The zero-order valence-corrected chi connectivity index (χ0v) is 11.5. The molecule has 0 aliphatic carbocycles. The van der Waals surface area contributed by atoms with Gasteiger partial charge in [-0.2, -0.15) is 0 Å². The summed E-state index contributed by atoms with van der Waals surface area (Å²) in [5, 5.41) is 0. The Kier molecular flexibility index (Phi) is 2.88. The number of carbonyl (C=O) groups excluding carboxylic acids is 1. The first-order chi connectivity index (χ1) is 7.50. The molecule has 2 rings (SSSR count). The van der Waals surface area contributed by atoms with Crippen LogP contribution in [0.2, 0.25) is 0 Å². The van der Waals surface area contributed by atoms with E-state index in [9.17, 15) is 4.79 Å². The summed E-state index contributed by atoms with van der Waals surface area (Å²) >= 11 is 2.24. The van der Waals surface area contributed by atoms with Gasteiger partial charge in [-0.1, -0.05) is 0 Å². The highest BCUT2D eigenvalue weighted by atomic mass is 127. The molecule has 0 radical (unpaired) electrons. The van der Waals surface area contributed by atoms with E-state index < -0.39 is 0 Å². The third-order valence-electron chi connectivity index (χ3n) is 2.43. The molecule has 84 valence electrons. The molecule has 0 aliphatic heterocycles. The van der Waals surface area contributed by atoms with Crippen molar-refractivity contribution < 1.29 is 4.79 Å². The third kappa shape index (κ3) is 1.79. The maximum Gasteiger partial charge on any atom is 0.273 e. The van der Waals surface area contributed by atoms with Crippen LogP contribution < -0.4 is 0 Å². The Bertz CT molecular complexity index is 560. The van der Waals surface area contributed by atoms with Crippen LogP contribution in [-0.2, 0) is 0 Å². The van der Waals surface area contributed by atoms with Gasteiger partial charge in [-0.15, -0.1) is 0 Å². The maximum atomic E-state index is 11.9. The predicted octanol–water partition coefficient (Wildman–Crippen LogP) is 1.95. The molecule has 5 heteroatoms. The smallest absolute Gasteiger partial charge is 0.273 e. The van der Waals surface area contributed by atoms with Crippen molar-refractivity contribution in [3.63, 3.8) is 0 Å². The summed E-state index contributed by atoms with van der Waals surface area (Å²) in [4.78, 5) is 17.8. The number of rotatable bonds is 1. The molecular weight excluding hydrogens is 317 g/mol. The van der Waals surface area contributed by atoms with Crippen LogP contribution in [0.4, 0.5) is 0 Å². The zero-order chi connectivity index (χ0) is 11.9. The summed E-state index contributed by atoms with van der Waals surface area (Å²) in [6.07, 6.45) is 1.98. The molecule has 0 bridgehead atoms. The second-order valence-electron chi connectivity index (χ2n) is 3.82. The number of hydrogen-bond donors (Lipinski definition) is 0. The van der Waals surface area contributed by atoms with Gasteiger partial charge in [0.1, 0.15) is 11.3 Å². The molecule has 2 aromatic heterocycles. The van der Waals surface area contributed by atoms with Crippen LogP contribution in [0.25, 0.3) is 5.65 Å². The van der Waals surface area contributed by atoms with Gasteiger partial charge in [0, 0.05) is 23.9 Å². The molecule has 4 nitrogen and oxygen atoms in total. The minimum atomic E-state index is -0.0591. The summed E-state index contributed by atoms with van der Waals surface area (Å²) in [6.45, 7) is 1.91. The largest absolute Gasteiger partial charge is 0.343 e. The van der Waals surface area contributed by atoms with Crippen molar-refractivity contribution in [2.75, 3.05) is 14.1 Å². The van der Waals surface area contributed by atoms with E-state index in [0.29, 0.717) is 5.69 Å². The lowest BCUT2D eigenvalue weighted by Gasteiger charge is -2.07. The monoisotopic (exact) mass is 329 g/mol. The number of hydrogen-bond acceptors (Lipinski definition) is 2. The summed E-state index contributed by atoms with van der Waals surface area (Å²) in [5.74, 6) is -0.0591. The molecular formula is C11H12IN3O. The van der Waals surface area contributed by atoms with E-state index in [2.05, 4.69) is 27.6 Å². The highest BCUT2D eigenvalue weighted by Gasteiger charge is 2.17. The Labute approximate surface area is 107 Å². The highest BCUT2D eigenvalue weighted by molar-refractivity contribution is 14.1. The Morgan fingerprint density at radius 3 is 2.75 bits per heavy atom. The van der Waals surface area contributed by atoms with Crippen LogP contribution in [-0.4, -0.2) is 34.3 Å². The summed E-state index contributed by atoms with van der Waals surface area (Å²) in [5.41, 5.74) is 2.21. The Morgan fingerprint density at radius 1 is 1.44 bits per heavy atom. The average molecular weight is 329 g/mol. The summed E-state index contributed by atoms with van der Waals surface area (Å²) in [6, 6.07) is 3.90. The van der Waals surface area contributed by atoms with Gasteiger partial charge in [-0.25, -0.2) is 4.98 Å². The number of amides is 1. The number of pyridine rings is 1. The molecule has 0 N–H and O–H groups in total. The molecule has 0 spiro atoms. The number of nitrogens with zero attached hydrogens (tertiary/aromatic N) is 3. The number of imidazole rings is 1. The SMILES string of the molecule is Cc1c(C(=O)N(C)C)nc2ccc(I)cn12. The molecule has 2 heterocycles. The molecule has 0 aromatic carbocycles. The maximum absolute atomic E-state index is 11.9. The molecule has 0 aliphatic rings. The molecule has 0 saturated carbocycles. The molecule has 0 atom stereocenters. The molecule has 0 fully saturated rings.